The lowest BCUT2D eigenvalue weighted by Gasteiger charge is -2.32. The largest absolute Gasteiger partial charge is 0.338 e. The average molecular weight is 417 g/mol. The van der Waals surface area contributed by atoms with Crippen LogP contribution in [0.25, 0.3) is 22.1 Å². The first-order valence-corrected chi connectivity index (χ1v) is 11.0. The summed E-state index contributed by atoms with van der Waals surface area (Å²) < 4.78 is 4.06. The summed E-state index contributed by atoms with van der Waals surface area (Å²) in [7, 11) is 2.07. The number of aromatic nitrogens is 5. The number of aryl methyl sites for hydroxylation is 4. The molecule has 1 aromatic carbocycles. The first kappa shape index (κ1) is 19.7. The van der Waals surface area contributed by atoms with E-state index in [0.29, 0.717) is 12.1 Å². The minimum atomic E-state index is 0.0673. The number of rotatable bonds is 3. The topological polar surface area (TPSA) is 68.8 Å². The Kier molecular flexibility index (Phi) is 4.76. The van der Waals surface area contributed by atoms with Gasteiger partial charge in [-0.25, -0.2) is 14.6 Å². The summed E-state index contributed by atoms with van der Waals surface area (Å²) in [5.74, 6) is 1.36. The summed E-state index contributed by atoms with van der Waals surface area (Å²) >= 11 is 0. The van der Waals surface area contributed by atoms with Crippen LogP contribution in [0.2, 0.25) is 0 Å². The van der Waals surface area contributed by atoms with Crippen molar-refractivity contribution < 1.29 is 4.79 Å². The quantitative estimate of drug-likeness (QED) is 0.507. The van der Waals surface area contributed by atoms with Gasteiger partial charge >= 0.3 is 0 Å². The molecule has 7 heteroatoms. The molecular formula is C24H28N6O. The molecule has 1 aliphatic heterocycles. The minimum absolute atomic E-state index is 0.0673. The molecule has 7 nitrogen and oxygen atoms in total. The van der Waals surface area contributed by atoms with Crippen molar-refractivity contribution in [3.8, 4) is 0 Å². The highest BCUT2D eigenvalue weighted by Gasteiger charge is 2.30. The lowest BCUT2D eigenvalue weighted by molar-refractivity contribution is 0.0705. The van der Waals surface area contributed by atoms with Crippen molar-refractivity contribution in [2.75, 3.05) is 13.1 Å². The fraction of sp³-hybridized carbons (Fsp3) is 0.417. The van der Waals surface area contributed by atoms with Gasteiger partial charge in [0.2, 0.25) is 0 Å². The van der Waals surface area contributed by atoms with Gasteiger partial charge in [0.05, 0.1) is 27.7 Å². The van der Waals surface area contributed by atoms with Gasteiger partial charge in [-0.1, -0.05) is 12.1 Å². The van der Waals surface area contributed by atoms with Crippen LogP contribution in [0.4, 0.5) is 0 Å². The van der Waals surface area contributed by atoms with Gasteiger partial charge in [-0.3, -0.25) is 4.79 Å². The normalized spacial score (nSPS) is 17.0. The molecule has 160 valence electrons. The van der Waals surface area contributed by atoms with Gasteiger partial charge in [0, 0.05) is 38.3 Å². The van der Waals surface area contributed by atoms with Gasteiger partial charge in [-0.15, -0.1) is 0 Å². The van der Waals surface area contributed by atoms with Gasteiger partial charge in [0.1, 0.15) is 5.82 Å². The van der Waals surface area contributed by atoms with E-state index in [4.69, 9.17) is 4.98 Å². The number of imidazole rings is 1. The maximum absolute atomic E-state index is 13.7. The van der Waals surface area contributed by atoms with Crippen molar-refractivity contribution >= 4 is 28.0 Å². The molecule has 1 fully saturated rings. The molecule has 4 heterocycles. The fourth-order valence-electron chi connectivity index (χ4n) is 4.94. The van der Waals surface area contributed by atoms with Crippen LogP contribution in [0.1, 0.15) is 53.3 Å². The van der Waals surface area contributed by atoms with E-state index in [1.165, 1.54) is 0 Å². The molecule has 4 aromatic rings. The highest BCUT2D eigenvalue weighted by Crippen LogP contribution is 2.31. The number of carbonyl (C=O) groups is 1. The van der Waals surface area contributed by atoms with E-state index in [1.807, 2.05) is 48.6 Å². The average Bonchev–Trinajstić information content (AvgIpc) is 3.29. The van der Waals surface area contributed by atoms with Gasteiger partial charge in [0.25, 0.3) is 5.91 Å². The Balaban J connectivity index is 1.50. The minimum Gasteiger partial charge on any atom is -0.338 e. The Hall–Kier alpha value is -3.22. The highest BCUT2D eigenvalue weighted by molar-refractivity contribution is 6.06. The predicted octanol–water partition coefficient (Wildman–Crippen LogP) is 3.97. The third-order valence-electron chi connectivity index (χ3n) is 6.43. The third-order valence-corrected chi connectivity index (χ3v) is 6.43. The molecular weight excluding hydrogens is 388 g/mol. The SMILES string of the molecule is CCn1nc(C)c2c(C(=O)N3CCCC(c4nc5ccccc5n4C)C3)cc(C)nc21. The van der Waals surface area contributed by atoms with E-state index in [-0.39, 0.29) is 11.8 Å². The van der Waals surface area contributed by atoms with Crippen molar-refractivity contribution in [2.24, 2.45) is 7.05 Å². The molecule has 1 amide bonds. The second-order valence-corrected chi connectivity index (χ2v) is 8.52. The molecule has 0 bridgehead atoms. The van der Waals surface area contributed by atoms with Crippen molar-refractivity contribution in [2.45, 2.75) is 46.1 Å². The van der Waals surface area contributed by atoms with Crippen LogP contribution in [0.3, 0.4) is 0 Å². The van der Waals surface area contributed by atoms with E-state index >= 15 is 0 Å². The van der Waals surface area contributed by atoms with Crippen molar-refractivity contribution in [1.82, 2.24) is 29.2 Å². The van der Waals surface area contributed by atoms with E-state index in [9.17, 15) is 4.79 Å². The summed E-state index contributed by atoms with van der Waals surface area (Å²) in [5, 5.41) is 5.48. The van der Waals surface area contributed by atoms with Crippen LogP contribution in [0.15, 0.2) is 30.3 Å². The number of amides is 1. The van der Waals surface area contributed by atoms with E-state index in [1.54, 1.807) is 0 Å². The number of likely N-dealkylation sites (tertiary alicyclic amines) is 1. The predicted molar refractivity (Wildman–Crippen MR) is 121 cm³/mol. The molecule has 1 aliphatic rings. The highest BCUT2D eigenvalue weighted by atomic mass is 16.2. The van der Waals surface area contributed by atoms with Crippen LogP contribution in [0.5, 0.6) is 0 Å². The summed E-state index contributed by atoms with van der Waals surface area (Å²) in [4.78, 5) is 25.2. The van der Waals surface area contributed by atoms with E-state index in [2.05, 4.69) is 33.8 Å². The van der Waals surface area contributed by atoms with Crippen LogP contribution in [-0.2, 0) is 13.6 Å². The first-order chi connectivity index (χ1) is 15.0. The molecule has 1 unspecified atom stereocenters. The number of hydrogen-bond acceptors (Lipinski definition) is 4. The summed E-state index contributed by atoms with van der Waals surface area (Å²) in [5.41, 5.74) is 5.36. The lowest BCUT2D eigenvalue weighted by atomic mass is 9.96. The van der Waals surface area contributed by atoms with E-state index < -0.39 is 0 Å². The molecule has 0 N–H and O–H groups in total. The van der Waals surface area contributed by atoms with Crippen LogP contribution in [-0.4, -0.2) is 48.2 Å². The Labute approximate surface area is 181 Å². The standard InChI is InChI=1S/C24H28N6O/c1-5-30-23-21(16(3)27-30)18(13-15(2)25-23)24(31)29-12-8-9-17(14-29)22-26-19-10-6-7-11-20(19)28(22)4/h6-7,10-11,13,17H,5,8-9,12,14H2,1-4H3. The molecule has 0 radical (unpaired) electrons. The second kappa shape index (κ2) is 7.48. The number of fused-ring (bicyclic) bond motifs is 2. The molecule has 5 rings (SSSR count). The number of carbonyl (C=O) groups excluding carboxylic acids is 1. The molecule has 1 saturated heterocycles. The molecule has 0 spiro atoms. The summed E-state index contributed by atoms with van der Waals surface area (Å²) in [6.07, 6.45) is 2.01. The Morgan fingerprint density at radius 1 is 1.19 bits per heavy atom. The van der Waals surface area contributed by atoms with Gasteiger partial charge in [-0.2, -0.15) is 5.10 Å². The smallest absolute Gasteiger partial charge is 0.254 e. The molecule has 31 heavy (non-hydrogen) atoms. The van der Waals surface area contributed by atoms with Gasteiger partial charge in [-0.05, 0) is 51.8 Å². The summed E-state index contributed by atoms with van der Waals surface area (Å²) in [6, 6.07) is 10.1. The molecule has 0 aliphatic carbocycles. The van der Waals surface area contributed by atoms with Crippen molar-refractivity contribution in [3.05, 3.63) is 53.1 Å². The van der Waals surface area contributed by atoms with Crippen molar-refractivity contribution in [1.29, 1.82) is 0 Å². The molecule has 1 atom stereocenters. The number of para-hydroxylation sites is 2. The van der Waals surface area contributed by atoms with Crippen molar-refractivity contribution in [3.63, 3.8) is 0 Å². The van der Waals surface area contributed by atoms with Gasteiger partial charge in [0.15, 0.2) is 5.65 Å². The Bertz CT molecular complexity index is 1300. The number of nitrogens with zero attached hydrogens (tertiary/aromatic N) is 6. The number of hydrogen-bond donors (Lipinski definition) is 0. The van der Waals surface area contributed by atoms with Crippen LogP contribution >= 0.6 is 0 Å². The zero-order valence-corrected chi connectivity index (χ0v) is 18.6. The monoisotopic (exact) mass is 416 g/mol. The first-order valence-electron chi connectivity index (χ1n) is 11.0. The number of benzene rings is 1. The van der Waals surface area contributed by atoms with Gasteiger partial charge < -0.3 is 9.47 Å². The maximum Gasteiger partial charge on any atom is 0.254 e. The zero-order chi connectivity index (χ0) is 21.7. The van der Waals surface area contributed by atoms with Crippen LogP contribution < -0.4 is 0 Å². The Morgan fingerprint density at radius 2 is 2.00 bits per heavy atom. The van der Waals surface area contributed by atoms with Crippen LogP contribution in [0, 0.1) is 13.8 Å². The fourth-order valence-corrected chi connectivity index (χ4v) is 4.94. The summed E-state index contributed by atoms with van der Waals surface area (Å²) in [6.45, 7) is 8.12. The zero-order valence-electron chi connectivity index (χ0n) is 18.6. The second-order valence-electron chi connectivity index (χ2n) is 8.52. The Morgan fingerprint density at radius 3 is 2.77 bits per heavy atom. The lowest BCUT2D eigenvalue weighted by Crippen LogP contribution is -2.39. The maximum atomic E-state index is 13.7. The molecule has 0 saturated carbocycles. The number of pyridine rings is 1. The number of piperidine rings is 1. The molecule has 3 aromatic heterocycles. The van der Waals surface area contributed by atoms with E-state index in [0.717, 1.165) is 65.2 Å². The third kappa shape index (κ3) is 3.19.